The fourth-order valence-electron chi connectivity index (χ4n) is 4.18. The van der Waals surface area contributed by atoms with Crippen molar-refractivity contribution >= 4 is 12.1 Å². The molecule has 4 rings (SSSR count). The summed E-state index contributed by atoms with van der Waals surface area (Å²) in [5, 5.41) is 4.08. The minimum absolute atomic E-state index is 0.284. The SMILES string of the molecule is CNC(=O)N1NC(c2ccc(-c3ccc(OC(F)(F)F)cc3)cc2)c2cc(OC)c(OC)cc2C=C1C. The lowest BCUT2D eigenvalue weighted by Gasteiger charge is -2.28. The van der Waals surface area contributed by atoms with Crippen LogP contribution >= 0.6 is 0 Å². The van der Waals surface area contributed by atoms with Gasteiger partial charge in [-0.15, -0.1) is 13.2 Å². The molecule has 0 bridgehead atoms. The van der Waals surface area contributed by atoms with Crippen LogP contribution in [-0.4, -0.2) is 38.7 Å². The smallest absolute Gasteiger partial charge is 0.493 e. The number of nitrogens with zero attached hydrogens (tertiary/aromatic N) is 1. The normalized spacial score (nSPS) is 15.3. The maximum absolute atomic E-state index is 12.6. The lowest BCUT2D eigenvalue weighted by Crippen LogP contribution is -2.47. The molecule has 7 nitrogen and oxygen atoms in total. The van der Waals surface area contributed by atoms with E-state index >= 15 is 0 Å². The van der Waals surface area contributed by atoms with Gasteiger partial charge in [-0.3, -0.25) is 0 Å². The monoisotopic (exact) mass is 513 g/mol. The molecule has 1 unspecified atom stereocenters. The number of hydrogen-bond acceptors (Lipinski definition) is 5. The predicted octanol–water partition coefficient (Wildman–Crippen LogP) is 5.88. The summed E-state index contributed by atoms with van der Waals surface area (Å²) in [6.45, 7) is 1.82. The van der Waals surface area contributed by atoms with Crippen LogP contribution in [0.25, 0.3) is 17.2 Å². The topological polar surface area (TPSA) is 72.1 Å². The first kappa shape index (κ1) is 25.9. The quantitative estimate of drug-likeness (QED) is 0.446. The first-order valence-electron chi connectivity index (χ1n) is 11.3. The lowest BCUT2D eigenvalue weighted by molar-refractivity contribution is -0.274. The molecule has 3 aromatic carbocycles. The van der Waals surface area contributed by atoms with Gasteiger partial charge in [-0.1, -0.05) is 36.4 Å². The van der Waals surface area contributed by atoms with E-state index < -0.39 is 12.4 Å². The van der Waals surface area contributed by atoms with Gasteiger partial charge in [0.05, 0.1) is 20.3 Å². The molecule has 10 heteroatoms. The number of hydrogen-bond donors (Lipinski definition) is 2. The standard InChI is InChI=1S/C27H26F3N3O4/c1-16-13-20-14-23(35-3)24(36-4)15-22(20)25(32-33(16)26(34)31-2)19-7-5-17(6-8-19)18-9-11-21(12-10-18)37-27(28,29)30/h5-15,25,32H,1-4H3,(H,31,34). The van der Waals surface area contributed by atoms with Gasteiger partial charge in [0.25, 0.3) is 0 Å². The third kappa shape index (κ3) is 5.64. The van der Waals surface area contributed by atoms with Gasteiger partial charge in [0.1, 0.15) is 5.75 Å². The molecule has 0 aliphatic carbocycles. The molecular weight excluding hydrogens is 487 g/mol. The minimum Gasteiger partial charge on any atom is -0.493 e. The molecule has 0 radical (unpaired) electrons. The Morgan fingerprint density at radius 3 is 2.05 bits per heavy atom. The number of carbonyl (C=O) groups is 1. The van der Waals surface area contributed by atoms with Crippen molar-refractivity contribution in [2.75, 3.05) is 21.3 Å². The van der Waals surface area contributed by atoms with Crippen LogP contribution in [0.3, 0.4) is 0 Å². The maximum atomic E-state index is 12.6. The molecule has 37 heavy (non-hydrogen) atoms. The zero-order chi connectivity index (χ0) is 26.7. The Hall–Kier alpha value is -4.18. The second kappa shape index (κ2) is 10.4. The van der Waals surface area contributed by atoms with Crippen molar-refractivity contribution in [3.63, 3.8) is 0 Å². The van der Waals surface area contributed by atoms with Gasteiger partial charge in [0, 0.05) is 12.7 Å². The van der Waals surface area contributed by atoms with E-state index in [1.165, 1.54) is 17.1 Å². The summed E-state index contributed by atoms with van der Waals surface area (Å²) in [6, 6.07) is 16.2. The van der Waals surface area contributed by atoms with Crippen LogP contribution in [0.5, 0.6) is 17.2 Å². The zero-order valence-electron chi connectivity index (χ0n) is 20.6. The Morgan fingerprint density at radius 2 is 1.51 bits per heavy atom. The van der Waals surface area contributed by atoms with Crippen molar-refractivity contribution in [2.24, 2.45) is 0 Å². The Morgan fingerprint density at radius 1 is 0.946 bits per heavy atom. The van der Waals surface area contributed by atoms with E-state index in [4.69, 9.17) is 9.47 Å². The Balaban J connectivity index is 1.71. The van der Waals surface area contributed by atoms with Crippen LogP contribution in [0.4, 0.5) is 18.0 Å². The summed E-state index contributed by atoms with van der Waals surface area (Å²) in [7, 11) is 4.67. The number of allylic oxidation sites excluding steroid dienone is 1. The fraction of sp³-hybridized carbons (Fsp3) is 0.222. The summed E-state index contributed by atoms with van der Waals surface area (Å²) in [5.74, 6) is 0.824. The number of carbonyl (C=O) groups excluding carboxylic acids is 1. The van der Waals surface area contributed by atoms with Crippen LogP contribution in [-0.2, 0) is 0 Å². The average molecular weight is 514 g/mol. The number of amides is 2. The van der Waals surface area contributed by atoms with Gasteiger partial charge in [-0.25, -0.2) is 15.2 Å². The van der Waals surface area contributed by atoms with E-state index in [-0.39, 0.29) is 11.8 Å². The van der Waals surface area contributed by atoms with Gasteiger partial charge >= 0.3 is 12.4 Å². The van der Waals surface area contributed by atoms with Gasteiger partial charge < -0.3 is 19.5 Å². The number of fused-ring (bicyclic) bond motifs is 1. The first-order valence-corrected chi connectivity index (χ1v) is 11.3. The molecule has 3 aromatic rings. The summed E-state index contributed by atoms with van der Waals surface area (Å²) in [6.07, 6.45) is -2.86. The van der Waals surface area contributed by atoms with Gasteiger partial charge in [0.2, 0.25) is 0 Å². The maximum Gasteiger partial charge on any atom is 0.573 e. The molecule has 2 N–H and O–H groups in total. The van der Waals surface area contributed by atoms with Gasteiger partial charge in [-0.05, 0) is 65.1 Å². The van der Waals surface area contributed by atoms with Crippen molar-refractivity contribution in [3.8, 4) is 28.4 Å². The number of hydrazine groups is 1. The van der Waals surface area contributed by atoms with E-state index in [1.54, 1.807) is 33.4 Å². The second-order valence-corrected chi connectivity index (χ2v) is 8.27. The molecule has 0 saturated heterocycles. The van der Waals surface area contributed by atoms with Crippen molar-refractivity contribution in [1.82, 2.24) is 15.8 Å². The number of benzene rings is 3. The van der Waals surface area contributed by atoms with E-state index in [0.29, 0.717) is 17.2 Å². The Bertz CT molecular complexity index is 1310. The number of halogens is 3. The van der Waals surface area contributed by atoms with E-state index in [1.807, 2.05) is 49.4 Å². The Kier molecular flexibility index (Phi) is 7.30. The number of rotatable bonds is 5. The van der Waals surface area contributed by atoms with Crippen molar-refractivity contribution in [2.45, 2.75) is 19.3 Å². The molecule has 2 amide bonds. The fourth-order valence-corrected chi connectivity index (χ4v) is 4.18. The lowest BCUT2D eigenvalue weighted by atomic mass is 9.93. The van der Waals surface area contributed by atoms with Crippen LogP contribution in [0.2, 0.25) is 0 Å². The van der Waals surface area contributed by atoms with E-state index in [9.17, 15) is 18.0 Å². The third-order valence-electron chi connectivity index (χ3n) is 5.96. The number of urea groups is 1. The van der Waals surface area contributed by atoms with Crippen LogP contribution < -0.4 is 25.0 Å². The molecule has 1 aliphatic rings. The largest absolute Gasteiger partial charge is 0.573 e. The molecule has 1 atom stereocenters. The summed E-state index contributed by atoms with van der Waals surface area (Å²) < 4.78 is 52.3. The average Bonchev–Trinajstić information content (AvgIpc) is 3.02. The van der Waals surface area contributed by atoms with E-state index in [2.05, 4.69) is 15.5 Å². The highest BCUT2D eigenvalue weighted by Crippen LogP contribution is 2.39. The van der Waals surface area contributed by atoms with Crippen molar-refractivity contribution < 1.29 is 32.2 Å². The van der Waals surface area contributed by atoms with Crippen LogP contribution in [0.1, 0.15) is 29.7 Å². The molecule has 0 saturated carbocycles. The highest BCUT2D eigenvalue weighted by Gasteiger charge is 2.31. The van der Waals surface area contributed by atoms with Crippen molar-refractivity contribution in [3.05, 3.63) is 83.1 Å². The highest BCUT2D eigenvalue weighted by molar-refractivity contribution is 5.78. The molecular formula is C27H26F3N3O4. The van der Waals surface area contributed by atoms with E-state index in [0.717, 1.165) is 27.8 Å². The zero-order valence-corrected chi connectivity index (χ0v) is 20.6. The Labute approximate surface area is 212 Å². The number of nitrogens with one attached hydrogen (secondary N) is 2. The molecule has 0 fully saturated rings. The van der Waals surface area contributed by atoms with Crippen LogP contribution in [0.15, 0.2) is 66.4 Å². The second-order valence-electron chi connectivity index (χ2n) is 8.27. The van der Waals surface area contributed by atoms with Crippen LogP contribution in [0, 0.1) is 0 Å². The van der Waals surface area contributed by atoms with Gasteiger partial charge in [-0.2, -0.15) is 0 Å². The molecule has 1 aliphatic heterocycles. The molecule has 194 valence electrons. The van der Waals surface area contributed by atoms with Crippen molar-refractivity contribution in [1.29, 1.82) is 0 Å². The third-order valence-corrected chi connectivity index (χ3v) is 5.96. The number of methoxy groups -OCH3 is 2. The first-order chi connectivity index (χ1) is 17.6. The molecule has 0 aromatic heterocycles. The summed E-state index contributed by atoms with van der Waals surface area (Å²) in [4.78, 5) is 12.6. The van der Waals surface area contributed by atoms with Gasteiger partial charge in [0.15, 0.2) is 11.5 Å². The summed E-state index contributed by atoms with van der Waals surface area (Å²) in [5.41, 5.74) is 8.08. The predicted molar refractivity (Wildman–Crippen MR) is 133 cm³/mol. The molecule has 0 spiro atoms. The number of alkyl halides is 3. The summed E-state index contributed by atoms with van der Waals surface area (Å²) >= 11 is 0. The molecule has 1 heterocycles. The minimum atomic E-state index is -4.74. The number of ether oxygens (including phenoxy) is 3. The highest BCUT2D eigenvalue weighted by atomic mass is 19.4.